The first kappa shape index (κ1) is 10.5. The summed E-state index contributed by atoms with van der Waals surface area (Å²) in [4.78, 5) is 12.5. The Balaban J connectivity index is 2.30. The van der Waals surface area contributed by atoms with Gasteiger partial charge in [0.25, 0.3) is 0 Å². The number of likely N-dealkylation sites (N-methyl/N-ethyl adjacent to an activating group) is 1. The molecule has 0 bridgehead atoms. The lowest BCUT2D eigenvalue weighted by Gasteiger charge is -2.27. The SMILES string of the molecule is CN1CCOc2ccc(C=CC(=O)O)cc21. The number of hydrogen-bond donors (Lipinski definition) is 1. The first-order chi connectivity index (χ1) is 7.66. The zero-order valence-electron chi connectivity index (χ0n) is 9.01. The van der Waals surface area contributed by atoms with E-state index in [0.717, 1.165) is 29.6 Å². The van der Waals surface area contributed by atoms with Crippen molar-refractivity contribution in [1.29, 1.82) is 0 Å². The van der Waals surface area contributed by atoms with Gasteiger partial charge in [0.15, 0.2) is 0 Å². The van der Waals surface area contributed by atoms with Crippen molar-refractivity contribution in [2.75, 3.05) is 25.1 Å². The van der Waals surface area contributed by atoms with Crippen molar-refractivity contribution in [3.63, 3.8) is 0 Å². The van der Waals surface area contributed by atoms with Crippen LogP contribution < -0.4 is 9.64 Å². The summed E-state index contributed by atoms with van der Waals surface area (Å²) >= 11 is 0. The maximum absolute atomic E-state index is 10.4. The molecule has 84 valence electrons. The lowest BCUT2D eigenvalue weighted by atomic mass is 10.1. The topological polar surface area (TPSA) is 49.8 Å². The Hall–Kier alpha value is -1.97. The Bertz CT molecular complexity index is 440. The molecular weight excluding hydrogens is 206 g/mol. The fraction of sp³-hybridized carbons (Fsp3) is 0.250. The highest BCUT2D eigenvalue weighted by Crippen LogP contribution is 2.31. The Labute approximate surface area is 93.8 Å². The molecule has 0 aromatic heterocycles. The highest BCUT2D eigenvalue weighted by Gasteiger charge is 2.14. The van der Waals surface area contributed by atoms with Crippen LogP contribution in [0.1, 0.15) is 5.56 Å². The molecule has 1 aliphatic heterocycles. The third kappa shape index (κ3) is 2.16. The van der Waals surface area contributed by atoms with Gasteiger partial charge >= 0.3 is 5.97 Å². The van der Waals surface area contributed by atoms with E-state index in [1.807, 2.05) is 25.2 Å². The first-order valence-electron chi connectivity index (χ1n) is 5.06. The van der Waals surface area contributed by atoms with Gasteiger partial charge in [-0.3, -0.25) is 0 Å². The van der Waals surface area contributed by atoms with Gasteiger partial charge in [0, 0.05) is 13.1 Å². The first-order valence-corrected chi connectivity index (χ1v) is 5.06. The summed E-state index contributed by atoms with van der Waals surface area (Å²) in [5.74, 6) is -0.0939. The second-order valence-electron chi connectivity index (χ2n) is 3.67. The average Bonchev–Trinajstić information content (AvgIpc) is 2.27. The number of aliphatic carboxylic acids is 1. The molecule has 2 rings (SSSR count). The summed E-state index contributed by atoms with van der Waals surface area (Å²) < 4.78 is 5.49. The molecule has 4 nitrogen and oxygen atoms in total. The molecule has 1 N–H and O–H groups in total. The highest BCUT2D eigenvalue weighted by molar-refractivity contribution is 5.85. The van der Waals surface area contributed by atoms with Gasteiger partial charge in [0.1, 0.15) is 12.4 Å². The van der Waals surface area contributed by atoms with Gasteiger partial charge in [-0.05, 0) is 23.8 Å². The van der Waals surface area contributed by atoms with Crippen LogP contribution in [0.25, 0.3) is 6.08 Å². The zero-order valence-corrected chi connectivity index (χ0v) is 9.01. The molecule has 0 saturated heterocycles. The maximum atomic E-state index is 10.4. The molecule has 1 aliphatic rings. The Morgan fingerprint density at radius 1 is 1.56 bits per heavy atom. The molecular formula is C12H13NO3. The predicted octanol–water partition coefficient (Wildman–Crippen LogP) is 1.61. The summed E-state index contributed by atoms with van der Waals surface area (Å²) in [6.07, 6.45) is 2.70. The van der Waals surface area contributed by atoms with Gasteiger partial charge < -0.3 is 14.7 Å². The van der Waals surface area contributed by atoms with E-state index in [1.54, 1.807) is 6.08 Å². The minimum atomic E-state index is -0.942. The number of rotatable bonds is 2. The van der Waals surface area contributed by atoms with Crippen LogP contribution in [0.4, 0.5) is 5.69 Å². The molecule has 16 heavy (non-hydrogen) atoms. The lowest BCUT2D eigenvalue weighted by molar-refractivity contribution is -0.131. The molecule has 0 amide bonds. The molecule has 0 radical (unpaired) electrons. The smallest absolute Gasteiger partial charge is 0.328 e. The minimum Gasteiger partial charge on any atom is -0.490 e. The second-order valence-corrected chi connectivity index (χ2v) is 3.67. The second kappa shape index (κ2) is 4.26. The van der Waals surface area contributed by atoms with E-state index in [1.165, 1.54) is 0 Å². The van der Waals surface area contributed by atoms with Crippen LogP contribution in [-0.4, -0.2) is 31.3 Å². The summed E-state index contributed by atoms with van der Waals surface area (Å²) in [7, 11) is 1.99. The van der Waals surface area contributed by atoms with Gasteiger partial charge in [-0.1, -0.05) is 6.07 Å². The van der Waals surface area contributed by atoms with E-state index >= 15 is 0 Å². The van der Waals surface area contributed by atoms with Crippen molar-refractivity contribution in [2.24, 2.45) is 0 Å². The molecule has 0 atom stereocenters. The summed E-state index contributed by atoms with van der Waals surface area (Å²) in [5, 5.41) is 8.54. The van der Waals surface area contributed by atoms with E-state index < -0.39 is 5.97 Å². The molecule has 1 aromatic carbocycles. The number of hydrogen-bond acceptors (Lipinski definition) is 3. The van der Waals surface area contributed by atoms with Crippen LogP contribution in [0.2, 0.25) is 0 Å². The molecule has 4 heteroatoms. The minimum absolute atomic E-state index is 0.688. The number of carboxylic acid groups (broad SMARTS) is 1. The standard InChI is InChI=1S/C12H13NO3/c1-13-6-7-16-11-4-2-9(8-10(11)13)3-5-12(14)15/h2-5,8H,6-7H2,1H3,(H,14,15). The quantitative estimate of drug-likeness (QED) is 0.768. The van der Waals surface area contributed by atoms with Gasteiger partial charge in [0.2, 0.25) is 0 Å². The van der Waals surface area contributed by atoms with E-state index in [9.17, 15) is 4.79 Å². The largest absolute Gasteiger partial charge is 0.490 e. The number of fused-ring (bicyclic) bond motifs is 1. The van der Waals surface area contributed by atoms with Gasteiger partial charge in [0.05, 0.1) is 12.2 Å². The molecule has 0 fully saturated rings. The number of anilines is 1. The number of carboxylic acids is 1. The summed E-state index contributed by atoms with van der Waals surface area (Å²) in [6, 6.07) is 5.64. The highest BCUT2D eigenvalue weighted by atomic mass is 16.5. The van der Waals surface area contributed by atoms with Gasteiger partial charge in [-0.2, -0.15) is 0 Å². The summed E-state index contributed by atoms with van der Waals surface area (Å²) in [5.41, 5.74) is 1.86. The molecule has 0 saturated carbocycles. The third-order valence-corrected chi connectivity index (χ3v) is 2.50. The van der Waals surface area contributed by atoms with Crippen LogP contribution in [0, 0.1) is 0 Å². The lowest BCUT2D eigenvalue weighted by Crippen LogP contribution is -2.28. The fourth-order valence-corrected chi connectivity index (χ4v) is 1.64. The number of nitrogens with zero attached hydrogens (tertiary/aromatic N) is 1. The van der Waals surface area contributed by atoms with Crippen molar-refractivity contribution in [1.82, 2.24) is 0 Å². The van der Waals surface area contributed by atoms with Crippen LogP contribution >= 0.6 is 0 Å². The van der Waals surface area contributed by atoms with Crippen LogP contribution in [0.15, 0.2) is 24.3 Å². The predicted molar refractivity (Wildman–Crippen MR) is 61.9 cm³/mol. The van der Waals surface area contributed by atoms with Gasteiger partial charge in [-0.25, -0.2) is 4.79 Å². The van der Waals surface area contributed by atoms with Gasteiger partial charge in [-0.15, -0.1) is 0 Å². The van der Waals surface area contributed by atoms with Crippen molar-refractivity contribution in [3.05, 3.63) is 29.8 Å². The zero-order chi connectivity index (χ0) is 11.5. The van der Waals surface area contributed by atoms with Crippen LogP contribution in [-0.2, 0) is 4.79 Å². The van der Waals surface area contributed by atoms with E-state index in [2.05, 4.69) is 4.90 Å². The molecule has 0 unspecified atom stereocenters. The molecule has 1 aromatic rings. The monoisotopic (exact) mass is 219 g/mol. The van der Waals surface area contributed by atoms with Crippen LogP contribution in [0.3, 0.4) is 0 Å². The molecule has 0 aliphatic carbocycles. The average molecular weight is 219 g/mol. The number of benzene rings is 1. The fourth-order valence-electron chi connectivity index (χ4n) is 1.64. The Morgan fingerprint density at radius 2 is 2.38 bits per heavy atom. The Kier molecular flexibility index (Phi) is 2.81. The van der Waals surface area contributed by atoms with Crippen molar-refractivity contribution in [3.8, 4) is 5.75 Å². The van der Waals surface area contributed by atoms with Crippen molar-refractivity contribution < 1.29 is 14.6 Å². The van der Waals surface area contributed by atoms with E-state index in [0.29, 0.717) is 6.61 Å². The third-order valence-electron chi connectivity index (χ3n) is 2.50. The number of carbonyl (C=O) groups is 1. The number of ether oxygens (including phenoxy) is 1. The molecule has 1 heterocycles. The summed E-state index contributed by atoms with van der Waals surface area (Å²) in [6.45, 7) is 1.53. The van der Waals surface area contributed by atoms with Crippen molar-refractivity contribution in [2.45, 2.75) is 0 Å². The normalized spacial score (nSPS) is 14.7. The Morgan fingerprint density at radius 3 is 3.12 bits per heavy atom. The van der Waals surface area contributed by atoms with E-state index in [-0.39, 0.29) is 0 Å². The maximum Gasteiger partial charge on any atom is 0.328 e. The van der Waals surface area contributed by atoms with E-state index in [4.69, 9.17) is 9.84 Å². The molecule has 0 spiro atoms. The van der Waals surface area contributed by atoms with Crippen molar-refractivity contribution >= 4 is 17.7 Å². The van der Waals surface area contributed by atoms with Crippen LogP contribution in [0.5, 0.6) is 5.75 Å².